The van der Waals surface area contributed by atoms with Crippen molar-refractivity contribution in [1.82, 2.24) is 4.90 Å². The molecule has 3 nitrogen and oxygen atoms in total. The lowest BCUT2D eigenvalue weighted by atomic mass is 9.90. The van der Waals surface area contributed by atoms with Crippen molar-refractivity contribution in [2.45, 2.75) is 32.4 Å². The number of likely N-dealkylation sites (N-methyl/N-ethyl adjacent to an activating group) is 1. The zero-order valence-electron chi connectivity index (χ0n) is 12.7. The Kier molecular flexibility index (Phi) is 5.15. The minimum Gasteiger partial charge on any atom is -0.468 e. The first-order chi connectivity index (χ1) is 10.1. The highest BCUT2D eigenvalue weighted by Crippen LogP contribution is 2.23. The van der Waals surface area contributed by atoms with Crippen LogP contribution in [0.4, 0.5) is 4.39 Å². The summed E-state index contributed by atoms with van der Waals surface area (Å²) < 4.78 is 18.8. The third kappa shape index (κ3) is 3.93. The third-order valence-corrected chi connectivity index (χ3v) is 3.99. The van der Waals surface area contributed by atoms with E-state index < -0.39 is 0 Å². The maximum absolute atomic E-state index is 13.4. The molecule has 2 aromatic rings. The van der Waals surface area contributed by atoms with E-state index in [0.717, 1.165) is 17.9 Å². The van der Waals surface area contributed by atoms with Crippen molar-refractivity contribution in [3.63, 3.8) is 0 Å². The van der Waals surface area contributed by atoms with Crippen LogP contribution in [-0.2, 0) is 13.0 Å². The summed E-state index contributed by atoms with van der Waals surface area (Å²) in [6.45, 7) is 6.26. The highest BCUT2D eigenvalue weighted by atomic mass is 19.1. The molecule has 1 aromatic carbocycles. The molecule has 0 saturated heterocycles. The first-order valence-electron chi connectivity index (χ1n) is 7.29. The van der Waals surface area contributed by atoms with Crippen LogP contribution in [-0.4, -0.2) is 23.5 Å². The summed E-state index contributed by atoms with van der Waals surface area (Å²) in [6, 6.07) is 10.6. The van der Waals surface area contributed by atoms with Crippen LogP contribution in [0, 0.1) is 5.82 Å². The van der Waals surface area contributed by atoms with Gasteiger partial charge in [0, 0.05) is 12.1 Å². The van der Waals surface area contributed by atoms with Gasteiger partial charge in [-0.1, -0.05) is 19.1 Å². The highest BCUT2D eigenvalue weighted by Gasteiger charge is 2.30. The molecule has 0 spiro atoms. The average Bonchev–Trinajstić information content (AvgIpc) is 2.97. The monoisotopic (exact) mass is 290 g/mol. The molecule has 0 saturated carbocycles. The van der Waals surface area contributed by atoms with E-state index in [9.17, 15) is 4.39 Å². The van der Waals surface area contributed by atoms with Gasteiger partial charge >= 0.3 is 0 Å². The van der Waals surface area contributed by atoms with Crippen LogP contribution >= 0.6 is 0 Å². The van der Waals surface area contributed by atoms with Gasteiger partial charge in [0.25, 0.3) is 0 Å². The van der Waals surface area contributed by atoms with Crippen LogP contribution < -0.4 is 5.73 Å². The molecule has 0 aliphatic rings. The SMILES string of the molecule is CCN(Cc1ccco1)C(C)(CN)Cc1cccc(F)c1. The molecule has 21 heavy (non-hydrogen) atoms. The van der Waals surface area contributed by atoms with E-state index in [2.05, 4.69) is 18.7 Å². The Bertz CT molecular complexity index is 556. The second kappa shape index (κ2) is 6.87. The lowest BCUT2D eigenvalue weighted by Gasteiger charge is -2.40. The second-order valence-corrected chi connectivity index (χ2v) is 5.60. The van der Waals surface area contributed by atoms with Crippen molar-refractivity contribution in [1.29, 1.82) is 0 Å². The van der Waals surface area contributed by atoms with Crippen molar-refractivity contribution < 1.29 is 8.81 Å². The van der Waals surface area contributed by atoms with E-state index in [1.54, 1.807) is 18.4 Å². The summed E-state index contributed by atoms with van der Waals surface area (Å²) in [5.41, 5.74) is 6.75. The van der Waals surface area contributed by atoms with Gasteiger partial charge in [0.15, 0.2) is 0 Å². The van der Waals surface area contributed by atoms with Crippen LogP contribution in [0.5, 0.6) is 0 Å². The first-order valence-corrected chi connectivity index (χ1v) is 7.29. The largest absolute Gasteiger partial charge is 0.468 e. The molecular formula is C17H23FN2O. The van der Waals surface area contributed by atoms with Crippen molar-refractivity contribution in [3.05, 3.63) is 59.8 Å². The molecule has 2 rings (SSSR count). The van der Waals surface area contributed by atoms with E-state index in [4.69, 9.17) is 10.2 Å². The van der Waals surface area contributed by atoms with Crippen LogP contribution in [0.2, 0.25) is 0 Å². The van der Waals surface area contributed by atoms with Crippen LogP contribution in [0.1, 0.15) is 25.2 Å². The molecule has 1 atom stereocenters. The summed E-state index contributed by atoms with van der Waals surface area (Å²) in [7, 11) is 0. The number of rotatable bonds is 7. The van der Waals surface area contributed by atoms with Crippen LogP contribution in [0.3, 0.4) is 0 Å². The molecule has 0 fully saturated rings. The van der Waals surface area contributed by atoms with E-state index in [1.807, 2.05) is 18.2 Å². The average molecular weight is 290 g/mol. The first kappa shape index (κ1) is 15.7. The zero-order valence-corrected chi connectivity index (χ0v) is 12.7. The fourth-order valence-corrected chi connectivity index (χ4v) is 2.67. The van der Waals surface area contributed by atoms with E-state index in [1.165, 1.54) is 6.07 Å². The Morgan fingerprint density at radius 3 is 2.67 bits per heavy atom. The molecule has 114 valence electrons. The van der Waals surface area contributed by atoms with E-state index in [0.29, 0.717) is 19.5 Å². The van der Waals surface area contributed by atoms with Gasteiger partial charge in [-0.05, 0) is 49.7 Å². The number of benzene rings is 1. The Labute approximate surface area is 125 Å². The Morgan fingerprint density at radius 2 is 2.10 bits per heavy atom. The number of furan rings is 1. The molecule has 0 aliphatic heterocycles. The van der Waals surface area contributed by atoms with Gasteiger partial charge in [0.05, 0.1) is 12.8 Å². The van der Waals surface area contributed by atoms with E-state index in [-0.39, 0.29) is 11.4 Å². The fraction of sp³-hybridized carbons (Fsp3) is 0.412. The maximum Gasteiger partial charge on any atom is 0.123 e. The minimum atomic E-state index is -0.241. The summed E-state index contributed by atoms with van der Waals surface area (Å²) in [5, 5.41) is 0. The number of hydrogen-bond donors (Lipinski definition) is 1. The van der Waals surface area contributed by atoms with Crippen molar-refractivity contribution >= 4 is 0 Å². The minimum absolute atomic E-state index is 0.207. The number of nitrogens with zero attached hydrogens (tertiary/aromatic N) is 1. The fourth-order valence-electron chi connectivity index (χ4n) is 2.67. The molecule has 1 unspecified atom stereocenters. The maximum atomic E-state index is 13.4. The summed E-state index contributed by atoms with van der Waals surface area (Å²) >= 11 is 0. The highest BCUT2D eigenvalue weighted by molar-refractivity contribution is 5.19. The molecule has 0 amide bonds. The molecular weight excluding hydrogens is 267 g/mol. The Morgan fingerprint density at radius 1 is 1.29 bits per heavy atom. The summed E-state index contributed by atoms with van der Waals surface area (Å²) in [4.78, 5) is 2.27. The molecule has 0 aliphatic carbocycles. The number of halogens is 1. The lowest BCUT2D eigenvalue weighted by Crippen LogP contribution is -2.52. The van der Waals surface area contributed by atoms with Gasteiger partial charge in [0.2, 0.25) is 0 Å². The Hall–Kier alpha value is -1.65. The van der Waals surface area contributed by atoms with Gasteiger partial charge in [0.1, 0.15) is 11.6 Å². The van der Waals surface area contributed by atoms with Crippen molar-refractivity contribution in [3.8, 4) is 0 Å². The molecule has 0 bridgehead atoms. The van der Waals surface area contributed by atoms with Gasteiger partial charge in [-0.2, -0.15) is 0 Å². The van der Waals surface area contributed by atoms with Crippen LogP contribution in [0.25, 0.3) is 0 Å². The predicted octanol–water partition coefficient (Wildman–Crippen LogP) is 3.20. The quantitative estimate of drug-likeness (QED) is 0.851. The van der Waals surface area contributed by atoms with Gasteiger partial charge < -0.3 is 10.2 Å². The molecule has 1 heterocycles. The zero-order chi connectivity index (χ0) is 15.3. The normalized spacial score (nSPS) is 14.3. The second-order valence-electron chi connectivity index (χ2n) is 5.60. The predicted molar refractivity (Wildman–Crippen MR) is 82.4 cm³/mol. The molecule has 4 heteroatoms. The summed E-state index contributed by atoms with van der Waals surface area (Å²) in [6.07, 6.45) is 2.38. The van der Waals surface area contributed by atoms with E-state index >= 15 is 0 Å². The van der Waals surface area contributed by atoms with Crippen molar-refractivity contribution in [2.24, 2.45) is 5.73 Å². The standard InChI is InChI=1S/C17H23FN2O/c1-3-20(12-16-8-5-9-21-16)17(2,13-19)11-14-6-4-7-15(18)10-14/h4-10H,3,11-13,19H2,1-2H3. The van der Waals surface area contributed by atoms with Gasteiger partial charge in [-0.15, -0.1) is 0 Å². The smallest absolute Gasteiger partial charge is 0.123 e. The summed E-state index contributed by atoms with van der Waals surface area (Å²) in [5.74, 6) is 0.705. The molecule has 1 aromatic heterocycles. The number of hydrogen-bond acceptors (Lipinski definition) is 3. The third-order valence-electron chi connectivity index (χ3n) is 3.99. The lowest BCUT2D eigenvalue weighted by molar-refractivity contribution is 0.0994. The van der Waals surface area contributed by atoms with Gasteiger partial charge in [-0.25, -0.2) is 4.39 Å². The molecule has 2 N–H and O–H groups in total. The van der Waals surface area contributed by atoms with Gasteiger partial charge in [-0.3, -0.25) is 4.90 Å². The van der Waals surface area contributed by atoms with Crippen LogP contribution in [0.15, 0.2) is 47.1 Å². The topological polar surface area (TPSA) is 42.4 Å². The van der Waals surface area contributed by atoms with Crippen molar-refractivity contribution in [2.75, 3.05) is 13.1 Å². The number of nitrogens with two attached hydrogens (primary N) is 1. The molecule has 0 radical (unpaired) electrons. The Balaban J connectivity index is 2.17.